The molecular formula is C12H13Cl3. The summed E-state index contributed by atoms with van der Waals surface area (Å²) in [5.74, 6) is 0.558. The first-order chi connectivity index (χ1) is 7.18. The highest BCUT2D eigenvalue weighted by molar-refractivity contribution is 6.42. The van der Waals surface area contributed by atoms with Gasteiger partial charge in [0.2, 0.25) is 0 Å². The first-order valence-electron chi connectivity index (χ1n) is 5.25. The Hall–Kier alpha value is 0.0900. The zero-order valence-electron chi connectivity index (χ0n) is 8.35. The van der Waals surface area contributed by atoms with Crippen molar-refractivity contribution in [3.8, 4) is 0 Å². The predicted molar refractivity (Wildman–Crippen MR) is 67.1 cm³/mol. The maximum absolute atomic E-state index is 6.24. The topological polar surface area (TPSA) is 0 Å². The van der Waals surface area contributed by atoms with Crippen molar-refractivity contribution in [2.75, 3.05) is 0 Å². The third-order valence-corrected chi connectivity index (χ3v) is 4.51. The van der Waals surface area contributed by atoms with Crippen molar-refractivity contribution in [1.82, 2.24) is 0 Å². The van der Waals surface area contributed by atoms with Crippen LogP contribution in [-0.2, 0) is 6.42 Å². The molecule has 3 heteroatoms. The van der Waals surface area contributed by atoms with Crippen LogP contribution in [0.25, 0.3) is 0 Å². The monoisotopic (exact) mass is 262 g/mol. The molecule has 1 aromatic carbocycles. The van der Waals surface area contributed by atoms with Crippen LogP contribution < -0.4 is 0 Å². The molecule has 0 nitrogen and oxygen atoms in total. The van der Waals surface area contributed by atoms with Gasteiger partial charge in [0.15, 0.2) is 0 Å². The minimum atomic E-state index is 0.306. The number of benzene rings is 1. The molecule has 0 heterocycles. The fraction of sp³-hybridized carbons (Fsp3) is 0.500. The Kier molecular flexibility index (Phi) is 3.82. The van der Waals surface area contributed by atoms with Crippen molar-refractivity contribution >= 4 is 34.8 Å². The minimum Gasteiger partial charge on any atom is -0.123 e. The SMILES string of the molecule is Clc1cccc(CC2CCCC2Cl)c1Cl. The van der Waals surface area contributed by atoms with Crippen molar-refractivity contribution in [2.45, 2.75) is 31.1 Å². The van der Waals surface area contributed by atoms with Crippen LogP contribution in [0.15, 0.2) is 18.2 Å². The molecule has 2 rings (SSSR count). The molecule has 1 fully saturated rings. The highest BCUT2D eigenvalue weighted by Crippen LogP contribution is 2.35. The van der Waals surface area contributed by atoms with Crippen LogP contribution >= 0.6 is 34.8 Å². The average molecular weight is 264 g/mol. The molecule has 0 radical (unpaired) electrons. The summed E-state index contributed by atoms with van der Waals surface area (Å²) in [6.07, 6.45) is 4.52. The van der Waals surface area contributed by atoms with Crippen LogP contribution in [0.5, 0.6) is 0 Å². The number of halogens is 3. The summed E-state index contributed by atoms with van der Waals surface area (Å²) >= 11 is 18.4. The third-order valence-electron chi connectivity index (χ3n) is 3.08. The lowest BCUT2D eigenvalue weighted by atomic mass is 9.98. The predicted octanol–water partition coefficient (Wildman–Crippen LogP) is 4.94. The average Bonchev–Trinajstić information content (AvgIpc) is 2.60. The lowest BCUT2D eigenvalue weighted by Gasteiger charge is -2.14. The van der Waals surface area contributed by atoms with Gasteiger partial charge in [-0.25, -0.2) is 0 Å². The van der Waals surface area contributed by atoms with Gasteiger partial charge >= 0.3 is 0 Å². The number of rotatable bonds is 2. The Morgan fingerprint density at radius 2 is 2.00 bits per heavy atom. The van der Waals surface area contributed by atoms with Crippen molar-refractivity contribution in [3.05, 3.63) is 33.8 Å². The van der Waals surface area contributed by atoms with Gasteiger partial charge in [-0.05, 0) is 36.8 Å². The van der Waals surface area contributed by atoms with E-state index in [2.05, 4.69) is 0 Å². The fourth-order valence-electron chi connectivity index (χ4n) is 2.21. The zero-order valence-corrected chi connectivity index (χ0v) is 10.6. The highest BCUT2D eigenvalue weighted by atomic mass is 35.5. The van der Waals surface area contributed by atoms with Gasteiger partial charge in [0.05, 0.1) is 10.0 Å². The number of hydrogen-bond donors (Lipinski definition) is 0. The van der Waals surface area contributed by atoms with Crippen LogP contribution in [0.4, 0.5) is 0 Å². The lowest BCUT2D eigenvalue weighted by Crippen LogP contribution is -2.10. The van der Waals surface area contributed by atoms with E-state index in [9.17, 15) is 0 Å². The molecule has 0 amide bonds. The molecule has 1 aliphatic rings. The Balaban J connectivity index is 2.13. The van der Waals surface area contributed by atoms with Crippen molar-refractivity contribution in [3.63, 3.8) is 0 Å². The molecule has 0 aromatic heterocycles. The van der Waals surface area contributed by atoms with Gasteiger partial charge in [-0.15, -0.1) is 11.6 Å². The maximum Gasteiger partial charge on any atom is 0.0624 e. The summed E-state index contributed by atoms with van der Waals surface area (Å²) in [5, 5.41) is 1.63. The van der Waals surface area contributed by atoms with Gasteiger partial charge in [0.25, 0.3) is 0 Å². The third kappa shape index (κ3) is 2.61. The van der Waals surface area contributed by atoms with Gasteiger partial charge in [-0.2, -0.15) is 0 Å². The second-order valence-electron chi connectivity index (χ2n) is 4.12. The van der Waals surface area contributed by atoms with Gasteiger partial charge in [0, 0.05) is 5.38 Å². The molecule has 1 aliphatic carbocycles. The number of hydrogen-bond acceptors (Lipinski definition) is 0. The summed E-state index contributed by atoms with van der Waals surface area (Å²) in [7, 11) is 0. The number of alkyl halides is 1. The van der Waals surface area contributed by atoms with E-state index in [0.29, 0.717) is 21.3 Å². The van der Waals surface area contributed by atoms with E-state index in [1.54, 1.807) is 0 Å². The van der Waals surface area contributed by atoms with E-state index in [1.165, 1.54) is 12.8 Å². The summed E-state index contributed by atoms with van der Waals surface area (Å²) in [4.78, 5) is 0. The van der Waals surface area contributed by atoms with Crippen LogP contribution in [-0.4, -0.2) is 5.38 Å². The van der Waals surface area contributed by atoms with Crippen molar-refractivity contribution < 1.29 is 0 Å². The normalized spacial score (nSPS) is 25.8. The van der Waals surface area contributed by atoms with E-state index >= 15 is 0 Å². The van der Waals surface area contributed by atoms with E-state index in [0.717, 1.165) is 18.4 Å². The molecule has 1 aromatic rings. The van der Waals surface area contributed by atoms with Crippen LogP contribution in [0.2, 0.25) is 10.0 Å². The molecule has 82 valence electrons. The molecule has 2 atom stereocenters. The molecule has 1 saturated carbocycles. The van der Waals surface area contributed by atoms with E-state index in [1.807, 2.05) is 18.2 Å². The largest absolute Gasteiger partial charge is 0.123 e. The van der Waals surface area contributed by atoms with Gasteiger partial charge in [-0.1, -0.05) is 41.8 Å². The van der Waals surface area contributed by atoms with E-state index < -0.39 is 0 Å². The first-order valence-corrected chi connectivity index (χ1v) is 6.44. The van der Waals surface area contributed by atoms with Gasteiger partial charge in [-0.3, -0.25) is 0 Å². The lowest BCUT2D eigenvalue weighted by molar-refractivity contribution is 0.553. The summed E-state index contributed by atoms with van der Waals surface area (Å²) in [6.45, 7) is 0. The van der Waals surface area contributed by atoms with Crippen molar-refractivity contribution in [1.29, 1.82) is 0 Å². The first kappa shape index (κ1) is 11.6. The molecule has 0 bridgehead atoms. The van der Waals surface area contributed by atoms with E-state index in [-0.39, 0.29) is 0 Å². The van der Waals surface area contributed by atoms with Gasteiger partial charge in [0.1, 0.15) is 0 Å². The molecule has 15 heavy (non-hydrogen) atoms. The maximum atomic E-state index is 6.24. The minimum absolute atomic E-state index is 0.306. The smallest absolute Gasteiger partial charge is 0.0624 e. The molecule has 0 spiro atoms. The molecule has 0 N–H and O–H groups in total. The Labute approximate surface area is 106 Å². The summed E-state index contributed by atoms with van der Waals surface area (Å²) in [5.41, 5.74) is 1.13. The Morgan fingerprint density at radius 3 is 2.67 bits per heavy atom. The summed E-state index contributed by atoms with van der Waals surface area (Å²) in [6, 6.07) is 5.80. The molecule has 0 aliphatic heterocycles. The van der Waals surface area contributed by atoms with Crippen LogP contribution in [0.1, 0.15) is 24.8 Å². The standard InChI is InChI=1S/C12H13Cl3/c13-10-5-1-3-8(10)7-9-4-2-6-11(14)12(9)15/h2,4,6,8,10H,1,3,5,7H2. The van der Waals surface area contributed by atoms with E-state index in [4.69, 9.17) is 34.8 Å². The van der Waals surface area contributed by atoms with Crippen LogP contribution in [0, 0.1) is 5.92 Å². The second-order valence-corrected chi connectivity index (χ2v) is 5.47. The highest BCUT2D eigenvalue weighted by Gasteiger charge is 2.26. The zero-order chi connectivity index (χ0) is 10.8. The van der Waals surface area contributed by atoms with Gasteiger partial charge < -0.3 is 0 Å². The molecule has 0 saturated heterocycles. The second kappa shape index (κ2) is 4.95. The fourth-order valence-corrected chi connectivity index (χ4v) is 2.98. The molecule has 2 unspecified atom stereocenters. The van der Waals surface area contributed by atoms with Crippen LogP contribution in [0.3, 0.4) is 0 Å². The summed E-state index contributed by atoms with van der Waals surface area (Å²) < 4.78 is 0. The molecular weight excluding hydrogens is 250 g/mol. The Morgan fingerprint density at radius 1 is 1.20 bits per heavy atom. The van der Waals surface area contributed by atoms with Crippen molar-refractivity contribution in [2.24, 2.45) is 5.92 Å². The quantitative estimate of drug-likeness (QED) is 0.663. The Bertz CT molecular complexity index is 349.